The van der Waals surface area contributed by atoms with Crippen LogP contribution < -0.4 is 15.8 Å². The molecular formula is C19H17N5OS. The summed E-state index contributed by atoms with van der Waals surface area (Å²) in [5.74, 6) is -0.265. The summed E-state index contributed by atoms with van der Waals surface area (Å²) in [5.41, 5.74) is 10.5. The van der Waals surface area contributed by atoms with Crippen molar-refractivity contribution in [1.82, 2.24) is 14.7 Å². The van der Waals surface area contributed by atoms with Gasteiger partial charge in [0.25, 0.3) is 5.91 Å². The van der Waals surface area contributed by atoms with E-state index >= 15 is 0 Å². The summed E-state index contributed by atoms with van der Waals surface area (Å²) in [6, 6.07) is 13.7. The fourth-order valence-electron chi connectivity index (χ4n) is 2.71. The molecule has 2 heterocycles. The van der Waals surface area contributed by atoms with Crippen LogP contribution in [0.1, 0.15) is 21.6 Å². The fourth-order valence-corrected chi connectivity index (χ4v) is 3.49. The van der Waals surface area contributed by atoms with Gasteiger partial charge >= 0.3 is 0 Å². The van der Waals surface area contributed by atoms with Gasteiger partial charge in [0.05, 0.1) is 11.9 Å². The second kappa shape index (κ2) is 6.78. The lowest BCUT2D eigenvalue weighted by atomic mass is 10.1. The highest BCUT2D eigenvalue weighted by molar-refractivity contribution is 7.97. The Labute approximate surface area is 155 Å². The van der Waals surface area contributed by atoms with Gasteiger partial charge in [0.15, 0.2) is 11.5 Å². The lowest BCUT2D eigenvalue weighted by molar-refractivity contribution is 0.102. The number of aromatic nitrogens is 2. The van der Waals surface area contributed by atoms with Gasteiger partial charge in [-0.3, -0.25) is 9.52 Å². The molecular weight excluding hydrogens is 346 g/mol. The van der Waals surface area contributed by atoms with E-state index in [4.69, 9.17) is 5.73 Å². The van der Waals surface area contributed by atoms with Gasteiger partial charge in [-0.25, -0.2) is 9.97 Å². The number of hydrogen-bond donors (Lipinski definition) is 3. The Morgan fingerprint density at radius 2 is 2.04 bits per heavy atom. The first-order valence-electron chi connectivity index (χ1n) is 8.14. The zero-order valence-corrected chi connectivity index (χ0v) is 14.9. The number of rotatable bonds is 3. The van der Waals surface area contributed by atoms with Crippen LogP contribution >= 0.6 is 11.9 Å². The summed E-state index contributed by atoms with van der Waals surface area (Å²) in [7, 11) is 0. The largest absolute Gasteiger partial charge is 0.382 e. The van der Waals surface area contributed by atoms with Crippen LogP contribution in [0, 0.1) is 6.92 Å². The number of amides is 1. The van der Waals surface area contributed by atoms with Crippen LogP contribution in [0.4, 0.5) is 11.5 Å². The Balaban J connectivity index is 1.61. The molecule has 7 heteroatoms. The molecule has 0 saturated carbocycles. The highest BCUT2D eigenvalue weighted by Crippen LogP contribution is 2.29. The molecule has 0 aliphatic carbocycles. The highest BCUT2D eigenvalue weighted by Gasteiger charge is 2.17. The van der Waals surface area contributed by atoms with E-state index in [0.29, 0.717) is 11.4 Å². The van der Waals surface area contributed by atoms with E-state index in [1.54, 1.807) is 18.1 Å². The Kier molecular flexibility index (Phi) is 4.32. The van der Waals surface area contributed by atoms with Crippen LogP contribution in [0.25, 0.3) is 11.3 Å². The topological polar surface area (TPSA) is 92.9 Å². The van der Waals surface area contributed by atoms with Crippen molar-refractivity contribution in [3.8, 4) is 11.3 Å². The maximum atomic E-state index is 12.7. The number of anilines is 2. The number of carbonyl (C=O) groups is 1. The fraction of sp³-hybridized carbons (Fsp3) is 0.105. The van der Waals surface area contributed by atoms with E-state index in [9.17, 15) is 4.79 Å². The predicted octanol–water partition coefficient (Wildman–Crippen LogP) is 3.40. The van der Waals surface area contributed by atoms with Gasteiger partial charge in [0, 0.05) is 22.7 Å². The van der Waals surface area contributed by atoms with Crippen LogP contribution in [0.2, 0.25) is 0 Å². The average Bonchev–Trinajstić information content (AvgIpc) is 3.10. The van der Waals surface area contributed by atoms with Crippen molar-refractivity contribution in [1.29, 1.82) is 0 Å². The third-order valence-electron chi connectivity index (χ3n) is 4.13. The van der Waals surface area contributed by atoms with Crippen LogP contribution in [0.5, 0.6) is 0 Å². The van der Waals surface area contributed by atoms with Crippen molar-refractivity contribution in [2.24, 2.45) is 0 Å². The summed E-state index contributed by atoms with van der Waals surface area (Å²) in [5, 5.41) is 2.86. The minimum Gasteiger partial charge on any atom is -0.382 e. The SMILES string of the molecule is Cc1ccc(-c2cnc(N)c(C(=O)Nc3ccc4c(c3)CNS4)n2)cc1. The molecule has 1 amide bonds. The van der Waals surface area contributed by atoms with Crippen LogP contribution in [-0.2, 0) is 6.54 Å². The Morgan fingerprint density at radius 3 is 2.85 bits per heavy atom. The van der Waals surface area contributed by atoms with E-state index in [2.05, 4.69) is 20.0 Å². The standard InChI is InChI=1S/C19H17N5OS/c1-11-2-4-12(5-3-11)15-10-21-18(20)17(24-15)19(25)23-14-6-7-16-13(8-14)9-22-26-16/h2-8,10,22H,9H2,1H3,(H2,20,21)(H,23,25). The number of aryl methyl sites for hydroxylation is 1. The van der Waals surface area contributed by atoms with Gasteiger partial charge < -0.3 is 11.1 Å². The number of fused-ring (bicyclic) bond motifs is 1. The zero-order chi connectivity index (χ0) is 18.1. The molecule has 6 nitrogen and oxygen atoms in total. The second-order valence-corrected chi connectivity index (χ2v) is 6.99. The number of nitrogen functional groups attached to an aromatic ring is 1. The van der Waals surface area contributed by atoms with Crippen molar-refractivity contribution in [3.05, 3.63) is 65.5 Å². The number of nitrogens with one attached hydrogen (secondary N) is 2. The van der Waals surface area contributed by atoms with Gasteiger partial charge in [0.1, 0.15) is 0 Å². The van der Waals surface area contributed by atoms with Crippen molar-refractivity contribution < 1.29 is 4.79 Å². The van der Waals surface area contributed by atoms with E-state index < -0.39 is 0 Å². The van der Waals surface area contributed by atoms with Crippen LogP contribution in [-0.4, -0.2) is 15.9 Å². The Morgan fingerprint density at radius 1 is 1.23 bits per heavy atom. The molecule has 0 fully saturated rings. The lowest BCUT2D eigenvalue weighted by Crippen LogP contribution is -2.17. The summed E-state index contributed by atoms with van der Waals surface area (Å²) in [6.45, 7) is 2.79. The van der Waals surface area contributed by atoms with E-state index in [-0.39, 0.29) is 17.4 Å². The molecule has 0 atom stereocenters. The maximum absolute atomic E-state index is 12.7. The summed E-state index contributed by atoms with van der Waals surface area (Å²) < 4.78 is 3.20. The molecule has 0 unspecified atom stereocenters. The Hall–Kier alpha value is -2.90. The number of benzene rings is 2. The molecule has 26 heavy (non-hydrogen) atoms. The lowest BCUT2D eigenvalue weighted by Gasteiger charge is -2.09. The Bertz CT molecular complexity index is 988. The third-order valence-corrected chi connectivity index (χ3v) is 5.03. The smallest absolute Gasteiger partial charge is 0.278 e. The molecule has 1 aromatic heterocycles. The van der Waals surface area contributed by atoms with Gasteiger partial charge in [-0.15, -0.1) is 0 Å². The minimum absolute atomic E-state index is 0.108. The molecule has 3 aromatic rings. The van der Waals surface area contributed by atoms with Crippen LogP contribution in [0.15, 0.2) is 53.6 Å². The summed E-state index contributed by atoms with van der Waals surface area (Å²) in [4.78, 5) is 22.4. The maximum Gasteiger partial charge on any atom is 0.278 e. The molecule has 0 radical (unpaired) electrons. The molecule has 0 saturated heterocycles. The zero-order valence-electron chi connectivity index (χ0n) is 14.1. The van der Waals surface area contributed by atoms with Gasteiger partial charge in [-0.2, -0.15) is 0 Å². The third kappa shape index (κ3) is 3.26. The molecule has 0 spiro atoms. The van der Waals surface area contributed by atoms with E-state index in [0.717, 1.165) is 23.2 Å². The molecule has 1 aliphatic heterocycles. The number of nitrogens with zero attached hydrogens (tertiary/aromatic N) is 2. The van der Waals surface area contributed by atoms with E-state index in [1.165, 1.54) is 4.90 Å². The summed E-state index contributed by atoms with van der Waals surface area (Å²) >= 11 is 1.59. The number of carbonyl (C=O) groups excluding carboxylic acids is 1. The number of hydrogen-bond acceptors (Lipinski definition) is 6. The molecule has 130 valence electrons. The minimum atomic E-state index is -0.373. The second-order valence-electron chi connectivity index (χ2n) is 6.05. The van der Waals surface area contributed by atoms with Crippen molar-refractivity contribution in [3.63, 3.8) is 0 Å². The monoisotopic (exact) mass is 363 g/mol. The number of nitrogens with two attached hydrogens (primary N) is 1. The molecule has 2 aromatic carbocycles. The molecule has 0 bridgehead atoms. The van der Waals surface area contributed by atoms with Crippen molar-refractivity contribution >= 4 is 29.4 Å². The average molecular weight is 363 g/mol. The van der Waals surface area contributed by atoms with Gasteiger partial charge in [-0.05, 0) is 42.6 Å². The van der Waals surface area contributed by atoms with Gasteiger partial charge in [-0.1, -0.05) is 29.8 Å². The molecule has 4 N–H and O–H groups in total. The van der Waals surface area contributed by atoms with Crippen LogP contribution in [0.3, 0.4) is 0 Å². The quantitative estimate of drug-likeness (QED) is 0.618. The molecule has 4 rings (SSSR count). The van der Waals surface area contributed by atoms with Crippen molar-refractivity contribution in [2.45, 2.75) is 18.4 Å². The predicted molar refractivity (Wildman–Crippen MR) is 104 cm³/mol. The molecule has 1 aliphatic rings. The van der Waals surface area contributed by atoms with E-state index in [1.807, 2.05) is 49.4 Å². The first-order chi connectivity index (χ1) is 12.6. The van der Waals surface area contributed by atoms with Crippen molar-refractivity contribution in [2.75, 3.05) is 11.1 Å². The first-order valence-corrected chi connectivity index (χ1v) is 8.95. The normalized spacial score (nSPS) is 12.7. The summed E-state index contributed by atoms with van der Waals surface area (Å²) in [6.07, 6.45) is 1.58. The first kappa shape index (κ1) is 16.6. The van der Waals surface area contributed by atoms with Gasteiger partial charge in [0.2, 0.25) is 0 Å². The highest BCUT2D eigenvalue weighted by atomic mass is 32.2.